The van der Waals surface area contributed by atoms with Crippen LogP contribution in [0.1, 0.15) is 27.2 Å². The molecule has 0 aliphatic carbocycles. The fourth-order valence-electron chi connectivity index (χ4n) is 2.29. The predicted molar refractivity (Wildman–Crippen MR) is 102 cm³/mol. The zero-order valence-electron chi connectivity index (χ0n) is 15.3. The van der Waals surface area contributed by atoms with E-state index in [1.165, 1.54) is 12.1 Å². The van der Waals surface area contributed by atoms with Crippen LogP contribution in [-0.4, -0.2) is 28.2 Å². The van der Waals surface area contributed by atoms with Gasteiger partial charge in [0.1, 0.15) is 5.75 Å². The zero-order chi connectivity index (χ0) is 19.0. The summed E-state index contributed by atoms with van der Waals surface area (Å²) in [6.45, 7) is 7.06. The van der Waals surface area contributed by atoms with Crippen molar-refractivity contribution >= 4 is 15.7 Å². The highest BCUT2D eigenvalue weighted by Crippen LogP contribution is 2.32. The number of sulfonamides is 1. The maximum atomic E-state index is 12.8. The van der Waals surface area contributed by atoms with Crippen molar-refractivity contribution in [3.63, 3.8) is 0 Å². The van der Waals surface area contributed by atoms with E-state index in [0.717, 1.165) is 6.42 Å². The summed E-state index contributed by atoms with van der Waals surface area (Å²) in [4.78, 5) is 0.0923. The Hall–Kier alpha value is -2.41. The van der Waals surface area contributed by atoms with Gasteiger partial charge in [-0.05, 0) is 44.5 Å². The quantitative estimate of drug-likeness (QED) is 0.673. The monoisotopic (exact) mass is 379 g/mol. The number of nitrogens with one attached hydrogen (secondary N) is 1. The summed E-state index contributed by atoms with van der Waals surface area (Å²) in [6.07, 6.45) is 0.831. The topological polar surface area (TPSA) is 73.9 Å². The SMILES string of the molecule is CCCOc1ccccc1NS(=O)(=O)c1ccc(OCC)c(OCC)c1. The van der Waals surface area contributed by atoms with Gasteiger partial charge < -0.3 is 14.2 Å². The van der Waals surface area contributed by atoms with E-state index in [4.69, 9.17) is 14.2 Å². The van der Waals surface area contributed by atoms with Crippen LogP contribution in [0, 0.1) is 0 Å². The fourth-order valence-corrected chi connectivity index (χ4v) is 3.38. The van der Waals surface area contributed by atoms with Crippen molar-refractivity contribution in [1.29, 1.82) is 0 Å². The van der Waals surface area contributed by atoms with Gasteiger partial charge in [0.15, 0.2) is 11.5 Å². The van der Waals surface area contributed by atoms with Crippen LogP contribution < -0.4 is 18.9 Å². The van der Waals surface area contributed by atoms with E-state index in [1.54, 1.807) is 30.3 Å². The summed E-state index contributed by atoms with van der Waals surface area (Å²) >= 11 is 0. The molecule has 1 N–H and O–H groups in total. The maximum Gasteiger partial charge on any atom is 0.262 e. The van der Waals surface area contributed by atoms with Crippen LogP contribution in [0.2, 0.25) is 0 Å². The molecule has 0 heterocycles. The van der Waals surface area contributed by atoms with Crippen LogP contribution in [-0.2, 0) is 10.0 Å². The molecule has 6 nitrogen and oxygen atoms in total. The van der Waals surface area contributed by atoms with Crippen LogP contribution in [0.25, 0.3) is 0 Å². The Balaban J connectivity index is 2.32. The second-order valence-electron chi connectivity index (χ2n) is 5.42. The van der Waals surface area contributed by atoms with Crippen molar-refractivity contribution in [2.24, 2.45) is 0 Å². The number of para-hydroxylation sites is 2. The van der Waals surface area contributed by atoms with E-state index in [2.05, 4.69) is 4.72 Å². The van der Waals surface area contributed by atoms with E-state index in [0.29, 0.717) is 42.8 Å². The minimum absolute atomic E-state index is 0.0923. The Labute approximate surface area is 155 Å². The Bertz CT molecular complexity index is 820. The van der Waals surface area contributed by atoms with Crippen LogP contribution >= 0.6 is 0 Å². The van der Waals surface area contributed by atoms with Gasteiger partial charge in [0.25, 0.3) is 10.0 Å². The third kappa shape index (κ3) is 5.05. The highest BCUT2D eigenvalue weighted by atomic mass is 32.2. The Morgan fingerprint density at radius 2 is 1.54 bits per heavy atom. The van der Waals surface area contributed by atoms with Crippen LogP contribution in [0.3, 0.4) is 0 Å². The molecule has 0 saturated carbocycles. The average molecular weight is 379 g/mol. The summed E-state index contributed by atoms with van der Waals surface area (Å²) in [7, 11) is -3.80. The molecule has 0 aromatic heterocycles. The van der Waals surface area contributed by atoms with Gasteiger partial charge in [-0.1, -0.05) is 19.1 Å². The lowest BCUT2D eigenvalue weighted by atomic mass is 10.3. The number of hydrogen-bond donors (Lipinski definition) is 1. The zero-order valence-corrected chi connectivity index (χ0v) is 16.1. The van der Waals surface area contributed by atoms with E-state index in [9.17, 15) is 8.42 Å². The van der Waals surface area contributed by atoms with Crippen molar-refractivity contribution < 1.29 is 22.6 Å². The Morgan fingerprint density at radius 3 is 2.23 bits per heavy atom. The van der Waals surface area contributed by atoms with Gasteiger partial charge in [-0.25, -0.2) is 8.42 Å². The molecular weight excluding hydrogens is 354 g/mol. The van der Waals surface area contributed by atoms with Gasteiger partial charge in [-0.15, -0.1) is 0 Å². The molecule has 0 bridgehead atoms. The normalized spacial score (nSPS) is 11.0. The molecule has 26 heavy (non-hydrogen) atoms. The number of hydrogen-bond acceptors (Lipinski definition) is 5. The molecule has 2 aromatic carbocycles. The third-order valence-electron chi connectivity index (χ3n) is 3.42. The van der Waals surface area contributed by atoms with Gasteiger partial charge >= 0.3 is 0 Å². The number of ether oxygens (including phenoxy) is 3. The lowest BCUT2D eigenvalue weighted by Crippen LogP contribution is -2.14. The second-order valence-corrected chi connectivity index (χ2v) is 7.11. The smallest absolute Gasteiger partial charge is 0.262 e. The first kappa shape index (κ1) is 19.9. The van der Waals surface area contributed by atoms with Crippen molar-refractivity contribution in [1.82, 2.24) is 0 Å². The first-order valence-corrected chi connectivity index (χ1v) is 10.1. The molecule has 0 aliphatic rings. The minimum Gasteiger partial charge on any atom is -0.491 e. The number of benzene rings is 2. The minimum atomic E-state index is -3.80. The fraction of sp³-hybridized carbons (Fsp3) is 0.368. The molecule has 0 radical (unpaired) electrons. The molecule has 0 spiro atoms. The van der Waals surface area contributed by atoms with Crippen molar-refractivity contribution in [3.8, 4) is 17.2 Å². The number of rotatable bonds is 10. The van der Waals surface area contributed by atoms with E-state index >= 15 is 0 Å². The summed E-state index contributed by atoms with van der Waals surface area (Å²) in [5.41, 5.74) is 0.396. The lowest BCUT2D eigenvalue weighted by Gasteiger charge is -2.15. The largest absolute Gasteiger partial charge is 0.491 e. The van der Waals surface area contributed by atoms with Crippen molar-refractivity contribution in [2.45, 2.75) is 32.1 Å². The average Bonchev–Trinajstić information content (AvgIpc) is 2.62. The van der Waals surface area contributed by atoms with Crippen LogP contribution in [0.4, 0.5) is 5.69 Å². The van der Waals surface area contributed by atoms with Gasteiger partial charge in [0, 0.05) is 6.07 Å². The van der Waals surface area contributed by atoms with E-state index in [-0.39, 0.29) is 4.90 Å². The second kappa shape index (κ2) is 9.33. The van der Waals surface area contributed by atoms with Gasteiger partial charge in [0.2, 0.25) is 0 Å². The van der Waals surface area contributed by atoms with Gasteiger partial charge in [-0.2, -0.15) is 0 Å². The highest BCUT2D eigenvalue weighted by molar-refractivity contribution is 7.92. The molecular formula is C19H25NO5S. The molecule has 0 fully saturated rings. The summed E-state index contributed by atoms with van der Waals surface area (Å²) in [6, 6.07) is 11.5. The standard InChI is InChI=1S/C19H25NO5S/c1-4-13-25-17-10-8-7-9-16(17)20-26(21,22)15-11-12-18(23-5-2)19(14-15)24-6-3/h7-12,14,20H,4-6,13H2,1-3H3. The maximum absolute atomic E-state index is 12.8. The third-order valence-corrected chi connectivity index (χ3v) is 4.78. The van der Waals surface area contributed by atoms with Gasteiger partial charge in [-0.3, -0.25) is 4.72 Å². The number of anilines is 1. The van der Waals surface area contributed by atoms with E-state index in [1.807, 2.05) is 20.8 Å². The van der Waals surface area contributed by atoms with Crippen LogP contribution in [0.5, 0.6) is 17.2 Å². The summed E-state index contributed by atoms with van der Waals surface area (Å²) < 4.78 is 44.8. The molecule has 142 valence electrons. The Kier molecular flexibility index (Phi) is 7.15. The van der Waals surface area contributed by atoms with Crippen molar-refractivity contribution in [3.05, 3.63) is 42.5 Å². The van der Waals surface area contributed by atoms with Gasteiger partial charge in [0.05, 0.1) is 30.4 Å². The van der Waals surface area contributed by atoms with Crippen molar-refractivity contribution in [2.75, 3.05) is 24.5 Å². The lowest BCUT2D eigenvalue weighted by molar-refractivity contribution is 0.287. The highest BCUT2D eigenvalue weighted by Gasteiger charge is 2.19. The van der Waals surface area contributed by atoms with E-state index < -0.39 is 10.0 Å². The Morgan fingerprint density at radius 1 is 0.846 bits per heavy atom. The summed E-state index contributed by atoms with van der Waals surface area (Å²) in [5.74, 6) is 1.40. The first-order chi connectivity index (χ1) is 12.5. The van der Waals surface area contributed by atoms with Crippen LogP contribution in [0.15, 0.2) is 47.4 Å². The molecule has 0 amide bonds. The molecule has 0 aliphatic heterocycles. The molecule has 0 saturated heterocycles. The predicted octanol–water partition coefficient (Wildman–Crippen LogP) is 4.07. The molecule has 2 rings (SSSR count). The summed E-state index contributed by atoms with van der Waals surface area (Å²) in [5, 5.41) is 0. The molecule has 0 atom stereocenters. The molecule has 7 heteroatoms. The molecule has 2 aromatic rings. The molecule has 0 unspecified atom stereocenters. The first-order valence-electron chi connectivity index (χ1n) is 8.66.